The summed E-state index contributed by atoms with van der Waals surface area (Å²) in [6, 6.07) is 37.3. The van der Waals surface area contributed by atoms with Crippen molar-refractivity contribution in [1.82, 2.24) is 0 Å². The number of amides is 2. The average Bonchev–Trinajstić information content (AvgIpc) is 3.65. The Labute approximate surface area is 309 Å². The number of benzene rings is 5. The number of carbonyl (C=O) groups excluding carboxylic acids is 4. The van der Waals surface area contributed by atoms with E-state index in [4.69, 9.17) is 39.5 Å². The summed E-state index contributed by atoms with van der Waals surface area (Å²) in [6.07, 6.45) is 0. The summed E-state index contributed by atoms with van der Waals surface area (Å²) in [5.74, 6) is -4.44. The molecule has 2 bridgehead atoms. The molecule has 6 nitrogen and oxygen atoms in total. The number of rotatable bonds is 7. The highest BCUT2D eigenvalue weighted by Crippen LogP contribution is 2.74. The van der Waals surface area contributed by atoms with Crippen LogP contribution in [0.1, 0.15) is 39.5 Å². The van der Waals surface area contributed by atoms with E-state index in [9.17, 15) is 4.79 Å². The van der Waals surface area contributed by atoms with Crippen LogP contribution in [-0.4, -0.2) is 30.2 Å². The molecular formula is C42H28Cl3NO5. The number of imide groups is 1. The number of allylic oxidation sites excluding steroid dienone is 2. The van der Waals surface area contributed by atoms with Gasteiger partial charge in [0, 0.05) is 10.0 Å². The van der Waals surface area contributed by atoms with Crippen molar-refractivity contribution in [2.45, 2.75) is 17.8 Å². The number of Topliss-reactive ketones (excluding diaryl/α,β-unsaturated/α-hetero) is 1. The van der Waals surface area contributed by atoms with E-state index in [-0.39, 0.29) is 28.7 Å². The van der Waals surface area contributed by atoms with Crippen LogP contribution in [0, 0.1) is 11.8 Å². The van der Waals surface area contributed by atoms with E-state index in [1.54, 1.807) is 55.5 Å². The number of nitrogens with zero attached hydrogens (tertiary/aromatic N) is 1. The van der Waals surface area contributed by atoms with Gasteiger partial charge in [0.2, 0.25) is 11.8 Å². The zero-order valence-electron chi connectivity index (χ0n) is 27.1. The Morgan fingerprint density at radius 1 is 0.647 bits per heavy atom. The van der Waals surface area contributed by atoms with Gasteiger partial charge >= 0.3 is 5.97 Å². The highest BCUT2D eigenvalue weighted by atomic mass is 35.5. The van der Waals surface area contributed by atoms with Gasteiger partial charge in [-0.15, -0.1) is 0 Å². The van der Waals surface area contributed by atoms with Crippen LogP contribution >= 0.6 is 34.8 Å². The number of anilines is 1. The second kappa shape index (κ2) is 12.3. The van der Waals surface area contributed by atoms with E-state index in [1.165, 1.54) is 18.2 Å². The summed E-state index contributed by atoms with van der Waals surface area (Å²) < 4.78 is 5.22. The van der Waals surface area contributed by atoms with Crippen molar-refractivity contribution in [3.05, 3.63) is 170 Å². The summed E-state index contributed by atoms with van der Waals surface area (Å²) in [5.41, 5.74) is 0.760. The topological polar surface area (TPSA) is 80.8 Å². The molecule has 0 spiro atoms. The van der Waals surface area contributed by atoms with Crippen molar-refractivity contribution < 1.29 is 23.9 Å². The molecule has 4 atom stereocenters. The fourth-order valence-electron chi connectivity index (χ4n) is 8.63. The SMILES string of the molecule is CCOC(=O)c1cc(N2C(=O)[C@@H]3[C@H](C2=O)[C@@]2(c4ccc(Cl)cc4)C(=O)[C@@]3(c3ccc(Cl)cc3)C(c3ccccc3)=C2c2ccccc2)ccc1Cl. The molecule has 9 heteroatoms. The standard InChI is InChI=1S/C42H28Cl3NO5/c1-2-51-39(49)31-23-30(21-22-32(31)45)46-37(47)35-36(38(46)48)42(27-15-19-29(44)20-16-27)34(25-11-7-4-8-12-25)33(24-9-5-3-6-10-24)41(35,40(42)50)26-13-17-28(43)18-14-26/h3-23,35-36H,2H2,1H3/t35-,36+,41-,42-/m0/s1. The lowest BCUT2D eigenvalue weighted by Gasteiger charge is -2.39. The summed E-state index contributed by atoms with van der Waals surface area (Å²) in [6.45, 7) is 1.78. The number of hydrogen-bond acceptors (Lipinski definition) is 5. The molecule has 2 amide bonds. The first-order valence-electron chi connectivity index (χ1n) is 16.4. The molecule has 5 aromatic carbocycles. The highest BCUT2D eigenvalue weighted by molar-refractivity contribution is 6.39. The summed E-state index contributed by atoms with van der Waals surface area (Å²) in [4.78, 5) is 60.6. The Kier molecular flexibility index (Phi) is 8.02. The second-order valence-corrected chi connectivity index (χ2v) is 14.1. The van der Waals surface area contributed by atoms with Crippen LogP contribution in [0.3, 0.4) is 0 Å². The lowest BCUT2D eigenvalue weighted by atomic mass is 9.59. The van der Waals surface area contributed by atoms with Gasteiger partial charge in [-0.1, -0.05) is 120 Å². The molecule has 1 saturated heterocycles. The number of fused-ring (bicyclic) bond motifs is 5. The number of halogens is 3. The molecule has 252 valence electrons. The van der Waals surface area contributed by atoms with Gasteiger partial charge in [0.25, 0.3) is 0 Å². The minimum absolute atomic E-state index is 0.0145. The Balaban J connectivity index is 1.50. The largest absolute Gasteiger partial charge is 0.462 e. The van der Waals surface area contributed by atoms with Gasteiger partial charge in [-0.2, -0.15) is 0 Å². The van der Waals surface area contributed by atoms with Crippen molar-refractivity contribution in [2.75, 3.05) is 11.5 Å². The fraction of sp³-hybridized carbons (Fsp3) is 0.143. The molecule has 0 unspecified atom stereocenters. The number of esters is 1. The predicted molar refractivity (Wildman–Crippen MR) is 198 cm³/mol. The maximum atomic E-state index is 16.0. The first-order chi connectivity index (χ1) is 24.7. The molecular weight excluding hydrogens is 705 g/mol. The molecule has 0 aromatic heterocycles. The third-order valence-corrected chi connectivity index (χ3v) is 11.3. The Hall–Kier alpha value is -5.01. The van der Waals surface area contributed by atoms with E-state index in [0.717, 1.165) is 16.0 Å². The van der Waals surface area contributed by atoms with E-state index in [2.05, 4.69) is 0 Å². The maximum Gasteiger partial charge on any atom is 0.339 e. The zero-order valence-corrected chi connectivity index (χ0v) is 29.4. The number of ketones is 1. The Bertz CT molecular complexity index is 2160. The molecule has 2 aliphatic carbocycles. The predicted octanol–water partition coefficient (Wildman–Crippen LogP) is 9.01. The fourth-order valence-corrected chi connectivity index (χ4v) is 9.08. The van der Waals surface area contributed by atoms with Gasteiger partial charge in [0.05, 0.1) is 45.5 Å². The normalized spacial score (nSPS) is 23.6. The third-order valence-electron chi connectivity index (χ3n) is 10.4. The number of carbonyl (C=O) groups is 4. The van der Waals surface area contributed by atoms with Crippen LogP contribution in [0.4, 0.5) is 5.69 Å². The monoisotopic (exact) mass is 731 g/mol. The smallest absolute Gasteiger partial charge is 0.339 e. The van der Waals surface area contributed by atoms with Gasteiger partial charge in [-0.3, -0.25) is 14.4 Å². The molecule has 8 rings (SSSR count). The molecule has 0 radical (unpaired) electrons. The lowest BCUT2D eigenvalue weighted by molar-refractivity contribution is -0.130. The molecule has 51 heavy (non-hydrogen) atoms. The minimum atomic E-state index is -1.63. The summed E-state index contributed by atoms with van der Waals surface area (Å²) >= 11 is 19.3. The van der Waals surface area contributed by atoms with Crippen molar-refractivity contribution in [2.24, 2.45) is 11.8 Å². The molecule has 1 saturated carbocycles. The lowest BCUT2D eigenvalue weighted by Crippen LogP contribution is -2.45. The molecule has 1 aliphatic heterocycles. The van der Waals surface area contributed by atoms with Gasteiger partial charge in [0.1, 0.15) is 0 Å². The second-order valence-electron chi connectivity index (χ2n) is 12.8. The summed E-state index contributed by atoms with van der Waals surface area (Å²) in [5, 5.41) is 1.02. The van der Waals surface area contributed by atoms with E-state index < -0.39 is 40.4 Å². The third kappa shape index (κ3) is 4.56. The van der Waals surface area contributed by atoms with E-state index in [0.29, 0.717) is 32.3 Å². The first-order valence-corrected chi connectivity index (χ1v) is 17.6. The van der Waals surface area contributed by atoms with E-state index >= 15 is 14.4 Å². The van der Waals surface area contributed by atoms with Gasteiger partial charge < -0.3 is 4.74 Å². The van der Waals surface area contributed by atoms with Crippen LogP contribution < -0.4 is 4.90 Å². The van der Waals surface area contributed by atoms with Gasteiger partial charge in [-0.25, -0.2) is 9.69 Å². The maximum absolute atomic E-state index is 16.0. The zero-order chi connectivity index (χ0) is 35.7. The molecule has 0 N–H and O–H groups in total. The molecule has 3 aliphatic rings. The number of ether oxygens (including phenoxy) is 1. The molecule has 5 aromatic rings. The summed E-state index contributed by atoms with van der Waals surface area (Å²) in [7, 11) is 0. The quantitative estimate of drug-likeness (QED) is 0.123. The van der Waals surface area contributed by atoms with Crippen LogP contribution in [0.25, 0.3) is 11.1 Å². The van der Waals surface area contributed by atoms with Crippen LogP contribution in [0.5, 0.6) is 0 Å². The van der Waals surface area contributed by atoms with Crippen molar-refractivity contribution in [1.29, 1.82) is 0 Å². The Morgan fingerprint density at radius 3 is 1.53 bits per heavy atom. The minimum Gasteiger partial charge on any atom is -0.462 e. The highest BCUT2D eigenvalue weighted by Gasteiger charge is 2.82. The van der Waals surface area contributed by atoms with Crippen LogP contribution in [-0.2, 0) is 30.0 Å². The number of hydrogen-bond donors (Lipinski definition) is 0. The van der Waals surface area contributed by atoms with Crippen molar-refractivity contribution in [3.63, 3.8) is 0 Å². The Morgan fingerprint density at radius 2 is 1.10 bits per heavy atom. The van der Waals surface area contributed by atoms with Crippen LogP contribution in [0.15, 0.2) is 127 Å². The average molecular weight is 733 g/mol. The first kappa shape index (κ1) is 33.2. The van der Waals surface area contributed by atoms with E-state index in [1.807, 2.05) is 60.7 Å². The molecule has 2 fully saturated rings. The van der Waals surface area contributed by atoms with Crippen LogP contribution in [0.2, 0.25) is 15.1 Å². The molecule has 1 heterocycles. The van der Waals surface area contributed by atoms with Gasteiger partial charge in [0.15, 0.2) is 5.78 Å². The van der Waals surface area contributed by atoms with Gasteiger partial charge in [-0.05, 0) is 82.8 Å². The van der Waals surface area contributed by atoms with Crippen molar-refractivity contribution in [3.8, 4) is 0 Å². The van der Waals surface area contributed by atoms with Crippen molar-refractivity contribution >= 4 is 75.2 Å².